The molecule has 1 atom stereocenters. The molecule has 0 saturated carbocycles. The molecule has 1 unspecified atom stereocenters. The summed E-state index contributed by atoms with van der Waals surface area (Å²) < 4.78 is 13.2. The average molecular weight is 461 g/mol. The maximum absolute atomic E-state index is 13.2. The molecule has 0 spiro atoms. The average Bonchev–Trinajstić information content (AvgIpc) is 2.88. The standard InChI is InChI=1S/C27H29FN4O2/c1-2-25(30-27(34)20-6-10-22(28)11-7-20)21-4-3-5-24(18-21)32-16-14-31(15-17-32)23-12-8-19(9-13-23)26(29)33/h3-13,18,25H,2,14-17H2,1H3,(H2,29,33)(H,30,34). The van der Waals surface area contributed by atoms with Crippen LogP contribution in [0.4, 0.5) is 15.8 Å². The zero-order chi connectivity index (χ0) is 24.1. The second-order valence-corrected chi connectivity index (χ2v) is 8.42. The van der Waals surface area contributed by atoms with Gasteiger partial charge in [0.05, 0.1) is 6.04 Å². The Balaban J connectivity index is 1.40. The van der Waals surface area contributed by atoms with Crippen LogP contribution in [0.1, 0.15) is 45.7 Å². The highest BCUT2D eigenvalue weighted by atomic mass is 19.1. The van der Waals surface area contributed by atoms with Crippen molar-refractivity contribution in [3.05, 3.63) is 95.3 Å². The number of hydrogen-bond donors (Lipinski definition) is 2. The molecule has 3 aromatic carbocycles. The van der Waals surface area contributed by atoms with E-state index in [0.717, 1.165) is 49.5 Å². The van der Waals surface area contributed by atoms with E-state index in [0.29, 0.717) is 11.1 Å². The summed E-state index contributed by atoms with van der Waals surface area (Å²) in [4.78, 5) is 28.6. The molecule has 34 heavy (non-hydrogen) atoms. The molecule has 0 aliphatic carbocycles. The van der Waals surface area contributed by atoms with Crippen molar-refractivity contribution in [2.75, 3.05) is 36.0 Å². The number of carbonyl (C=O) groups excluding carboxylic acids is 2. The molecule has 1 aliphatic heterocycles. The number of primary amides is 1. The van der Waals surface area contributed by atoms with Gasteiger partial charge in [-0.25, -0.2) is 4.39 Å². The normalized spacial score (nSPS) is 14.5. The van der Waals surface area contributed by atoms with E-state index in [9.17, 15) is 14.0 Å². The van der Waals surface area contributed by atoms with E-state index in [2.05, 4.69) is 27.2 Å². The molecule has 2 amide bonds. The van der Waals surface area contributed by atoms with Crippen LogP contribution in [0.2, 0.25) is 0 Å². The molecule has 3 aromatic rings. The Kier molecular flexibility index (Phi) is 7.11. The Morgan fingerprint density at radius 2 is 1.47 bits per heavy atom. The summed E-state index contributed by atoms with van der Waals surface area (Å²) in [5.41, 5.74) is 9.52. The summed E-state index contributed by atoms with van der Waals surface area (Å²) in [6, 6.07) is 21.1. The summed E-state index contributed by atoms with van der Waals surface area (Å²) in [5.74, 6) is -0.997. The fraction of sp³-hybridized carbons (Fsp3) is 0.259. The number of halogens is 1. The largest absolute Gasteiger partial charge is 0.368 e. The van der Waals surface area contributed by atoms with Crippen LogP contribution in [0.3, 0.4) is 0 Å². The van der Waals surface area contributed by atoms with Crippen LogP contribution in [0, 0.1) is 5.82 Å². The van der Waals surface area contributed by atoms with Gasteiger partial charge in [-0.1, -0.05) is 19.1 Å². The summed E-state index contributed by atoms with van der Waals surface area (Å²) in [6.45, 7) is 5.47. The molecular weight excluding hydrogens is 431 g/mol. The summed E-state index contributed by atoms with van der Waals surface area (Å²) in [5, 5.41) is 3.07. The van der Waals surface area contributed by atoms with Crippen molar-refractivity contribution < 1.29 is 14.0 Å². The number of piperazine rings is 1. The lowest BCUT2D eigenvalue weighted by Gasteiger charge is -2.37. The summed E-state index contributed by atoms with van der Waals surface area (Å²) in [7, 11) is 0. The lowest BCUT2D eigenvalue weighted by molar-refractivity contribution is 0.0934. The summed E-state index contributed by atoms with van der Waals surface area (Å²) >= 11 is 0. The Labute approximate surface area is 199 Å². The van der Waals surface area contributed by atoms with E-state index in [4.69, 9.17) is 5.73 Å². The highest BCUT2D eigenvalue weighted by Gasteiger charge is 2.20. The van der Waals surface area contributed by atoms with Crippen molar-refractivity contribution in [2.45, 2.75) is 19.4 Å². The molecule has 1 fully saturated rings. The molecule has 6 nitrogen and oxygen atoms in total. The third-order valence-electron chi connectivity index (χ3n) is 6.25. The predicted molar refractivity (Wildman–Crippen MR) is 133 cm³/mol. The van der Waals surface area contributed by atoms with Crippen LogP contribution in [-0.4, -0.2) is 38.0 Å². The molecule has 0 bridgehead atoms. The fourth-order valence-electron chi connectivity index (χ4n) is 4.26. The van der Waals surface area contributed by atoms with E-state index in [-0.39, 0.29) is 17.8 Å². The van der Waals surface area contributed by atoms with Gasteiger partial charge < -0.3 is 20.9 Å². The highest BCUT2D eigenvalue weighted by molar-refractivity contribution is 5.94. The van der Waals surface area contributed by atoms with Gasteiger partial charge in [0.15, 0.2) is 0 Å². The molecule has 1 saturated heterocycles. The lowest BCUT2D eigenvalue weighted by Crippen LogP contribution is -2.46. The van der Waals surface area contributed by atoms with Crippen molar-refractivity contribution in [3.63, 3.8) is 0 Å². The molecule has 0 aromatic heterocycles. The Morgan fingerprint density at radius 1 is 0.882 bits per heavy atom. The van der Waals surface area contributed by atoms with Gasteiger partial charge in [0, 0.05) is 48.7 Å². The van der Waals surface area contributed by atoms with E-state index in [1.54, 1.807) is 12.1 Å². The number of nitrogens with two attached hydrogens (primary N) is 1. The van der Waals surface area contributed by atoms with Crippen LogP contribution in [0.5, 0.6) is 0 Å². The minimum atomic E-state index is -0.421. The monoisotopic (exact) mass is 460 g/mol. The topological polar surface area (TPSA) is 78.7 Å². The van der Waals surface area contributed by atoms with Crippen LogP contribution in [0.25, 0.3) is 0 Å². The first-order valence-corrected chi connectivity index (χ1v) is 11.5. The number of carbonyl (C=O) groups is 2. The highest BCUT2D eigenvalue weighted by Crippen LogP contribution is 2.25. The van der Waals surface area contributed by atoms with Crippen molar-refractivity contribution in [2.24, 2.45) is 5.73 Å². The van der Waals surface area contributed by atoms with E-state index >= 15 is 0 Å². The second kappa shape index (κ2) is 10.4. The third-order valence-corrected chi connectivity index (χ3v) is 6.25. The first-order chi connectivity index (χ1) is 16.4. The molecule has 1 heterocycles. The zero-order valence-electron chi connectivity index (χ0n) is 19.2. The number of anilines is 2. The Hall–Kier alpha value is -3.87. The number of nitrogens with one attached hydrogen (secondary N) is 1. The van der Waals surface area contributed by atoms with Gasteiger partial charge in [-0.3, -0.25) is 9.59 Å². The lowest BCUT2D eigenvalue weighted by atomic mass is 10.0. The van der Waals surface area contributed by atoms with Crippen molar-refractivity contribution >= 4 is 23.2 Å². The number of rotatable bonds is 7. The van der Waals surface area contributed by atoms with Crippen LogP contribution >= 0.6 is 0 Å². The Bertz CT molecular complexity index is 1140. The van der Waals surface area contributed by atoms with Gasteiger partial charge in [0.2, 0.25) is 5.91 Å². The van der Waals surface area contributed by atoms with Crippen LogP contribution < -0.4 is 20.9 Å². The minimum absolute atomic E-state index is 0.137. The minimum Gasteiger partial charge on any atom is -0.368 e. The first-order valence-electron chi connectivity index (χ1n) is 11.5. The number of benzene rings is 3. The van der Waals surface area contributed by atoms with E-state index in [1.165, 1.54) is 24.3 Å². The van der Waals surface area contributed by atoms with Gasteiger partial charge >= 0.3 is 0 Å². The van der Waals surface area contributed by atoms with Gasteiger partial charge in [-0.05, 0) is 72.6 Å². The van der Waals surface area contributed by atoms with Crippen molar-refractivity contribution in [1.29, 1.82) is 0 Å². The number of nitrogens with zero attached hydrogens (tertiary/aromatic N) is 2. The maximum Gasteiger partial charge on any atom is 0.251 e. The smallest absolute Gasteiger partial charge is 0.251 e. The van der Waals surface area contributed by atoms with Gasteiger partial charge in [-0.15, -0.1) is 0 Å². The molecule has 1 aliphatic rings. The van der Waals surface area contributed by atoms with Crippen molar-refractivity contribution in [3.8, 4) is 0 Å². The molecule has 0 radical (unpaired) electrons. The van der Waals surface area contributed by atoms with Crippen LogP contribution in [-0.2, 0) is 0 Å². The Morgan fingerprint density at radius 3 is 2.06 bits per heavy atom. The SMILES string of the molecule is CCC(NC(=O)c1ccc(F)cc1)c1cccc(N2CCN(c3ccc(C(N)=O)cc3)CC2)c1. The maximum atomic E-state index is 13.2. The fourth-order valence-corrected chi connectivity index (χ4v) is 4.26. The van der Waals surface area contributed by atoms with E-state index in [1.807, 2.05) is 31.2 Å². The molecule has 176 valence electrons. The van der Waals surface area contributed by atoms with E-state index < -0.39 is 5.91 Å². The molecule has 7 heteroatoms. The first kappa shape index (κ1) is 23.3. The van der Waals surface area contributed by atoms with Crippen LogP contribution in [0.15, 0.2) is 72.8 Å². The molecule has 4 rings (SSSR count). The second-order valence-electron chi connectivity index (χ2n) is 8.42. The molecular formula is C27H29FN4O2. The summed E-state index contributed by atoms with van der Waals surface area (Å²) in [6.07, 6.45) is 0.742. The third kappa shape index (κ3) is 5.36. The zero-order valence-corrected chi connectivity index (χ0v) is 19.2. The molecule has 3 N–H and O–H groups in total. The number of hydrogen-bond acceptors (Lipinski definition) is 4. The van der Waals surface area contributed by atoms with Gasteiger partial charge in [-0.2, -0.15) is 0 Å². The quantitative estimate of drug-likeness (QED) is 0.556. The van der Waals surface area contributed by atoms with Gasteiger partial charge in [0.25, 0.3) is 5.91 Å². The van der Waals surface area contributed by atoms with Crippen molar-refractivity contribution in [1.82, 2.24) is 5.32 Å². The number of amides is 2. The predicted octanol–water partition coefficient (Wildman–Crippen LogP) is 4.13. The van der Waals surface area contributed by atoms with Gasteiger partial charge in [0.1, 0.15) is 5.82 Å².